The van der Waals surface area contributed by atoms with Crippen LogP contribution in [0.2, 0.25) is 0 Å². The fourth-order valence-electron chi connectivity index (χ4n) is 6.72. The molecule has 0 saturated heterocycles. The monoisotopic (exact) mass is 426 g/mol. The minimum absolute atomic E-state index is 0.120. The van der Waals surface area contributed by atoms with Crippen molar-refractivity contribution in [1.82, 2.24) is 19.9 Å². The van der Waals surface area contributed by atoms with E-state index in [1.54, 1.807) is 11.3 Å². The van der Waals surface area contributed by atoms with Gasteiger partial charge in [-0.1, -0.05) is 35.2 Å². The van der Waals surface area contributed by atoms with E-state index in [-0.39, 0.29) is 11.9 Å². The Labute approximate surface area is 178 Å². The number of carbonyl (C=O) groups excluding carboxylic acids is 1. The van der Waals surface area contributed by atoms with Crippen molar-refractivity contribution in [3.8, 4) is 0 Å². The highest BCUT2D eigenvalue weighted by Gasteiger charge is 2.53. The van der Waals surface area contributed by atoms with Crippen LogP contribution in [0.25, 0.3) is 15.2 Å². The maximum absolute atomic E-state index is 12.8. The molecule has 7 heteroatoms. The predicted molar refractivity (Wildman–Crippen MR) is 117 cm³/mol. The van der Waals surface area contributed by atoms with E-state index >= 15 is 0 Å². The molecule has 3 aromatic rings. The maximum atomic E-state index is 12.8. The SMILES string of the molecule is CC(NC(=O)CSc1nnc2sc3ccccc3n12)C12CC3CC(CC(C3)C1)C2. The first kappa shape index (κ1) is 18.2. The Morgan fingerprint density at radius 3 is 2.62 bits per heavy atom. The van der Waals surface area contributed by atoms with Gasteiger partial charge in [0.15, 0.2) is 5.16 Å². The van der Waals surface area contributed by atoms with Gasteiger partial charge < -0.3 is 5.32 Å². The molecule has 5 nitrogen and oxygen atoms in total. The normalized spacial score (nSPS) is 31.6. The van der Waals surface area contributed by atoms with Crippen molar-refractivity contribution in [3.05, 3.63) is 24.3 Å². The Kier molecular flexibility index (Phi) is 4.21. The van der Waals surface area contributed by atoms with Gasteiger partial charge in [0, 0.05) is 6.04 Å². The molecule has 1 unspecified atom stereocenters. The van der Waals surface area contributed by atoms with Crippen molar-refractivity contribution in [2.24, 2.45) is 23.2 Å². The van der Waals surface area contributed by atoms with Gasteiger partial charge >= 0.3 is 0 Å². The van der Waals surface area contributed by atoms with Gasteiger partial charge in [-0.05, 0) is 80.8 Å². The highest BCUT2D eigenvalue weighted by Crippen LogP contribution is 2.61. The fraction of sp³-hybridized carbons (Fsp3) is 0.591. The Hall–Kier alpha value is -1.60. The summed E-state index contributed by atoms with van der Waals surface area (Å²) in [7, 11) is 0. The lowest BCUT2D eigenvalue weighted by atomic mass is 9.48. The van der Waals surface area contributed by atoms with Gasteiger partial charge in [-0.2, -0.15) is 0 Å². The lowest BCUT2D eigenvalue weighted by Gasteiger charge is -2.59. The van der Waals surface area contributed by atoms with Gasteiger partial charge in [0.1, 0.15) is 0 Å². The van der Waals surface area contributed by atoms with Crippen LogP contribution < -0.4 is 5.32 Å². The number of benzene rings is 1. The number of amides is 1. The number of thioether (sulfide) groups is 1. The van der Waals surface area contributed by atoms with Gasteiger partial charge in [-0.25, -0.2) is 0 Å². The number of rotatable bonds is 5. The molecule has 1 atom stereocenters. The average molecular weight is 427 g/mol. The summed E-state index contributed by atoms with van der Waals surface area (Å²) in [5, 5.41) is 12.8. The molecule has 1 aromatic carbocycles. The summed E-state index contributed by atoms with van der Waals surface area (Å²) in [6.07, 6.45) is 8.27. The number of para-hydroxylation sites is 1. The van der Waals surface area contributed by atoms with Crippen LogP contribution in [0, 0.1) is 23.2 Å². The molecular weight excluding hydrogens is 400 g/mol. The molecule has 1 amide bonds. The summed E-state index contributed by atoms with van der Waals surface area (Å²) in [5.74, 6) is 3.24. The summed E-state index contributed by atoms with van der Waals surface area (Å²) in [5.41, 5.74) is 1.46. The molecule has 2 aromatic heterocycles. The van der Waals surface area contributed by atoms with E-state index in [0.717, 1.165) is 33.4 Å². The quantitative estimate of drug-likeness (QED) is 0.598. The topological polar surface area (TPSA) is 59.3 Å². The molecule has 2 heterocycles. The van der Waals surface area contributed by atoms with Crippen molar-refractivity contribution >= 4 is 44.2 Å². The second-order valence-electron chi connectivity index (χ2n) is 9.53. The summed E-state index contributed by atoms with van der Waals surface area (Å²) in [4.78, 5) is 13.7. The highest BCUT2D eigenvalue weighted by molar-refractivity contribution is 7.99. The fourth-order valence-corrected chi connectivity index (χ4v) is 8.50. The zero-order chi connectivity index (χ0) is 19.6. The lowest BCUT2D eigenvalue weighted by molar-refractivity contribution is -0.123. The Morgan fingerprint density at radius 1 is 1.21 bits per heavy atom. The highest BCUT2D eigenvalue weighted by atomic mass is 32.2. The lowest BCUT2D eigenvalue weighted by Crippen LogP contribution is -2.56. The van der Waals surface area contributed by atoms with Gasteiger partial charge in [0.05, 0.1) is 16.0 Å². The zero-order valence-corrected chi connectivity index (χ0v) is 18.3. The van der Waals surface area contributed by atoms with E-state index in [1.165, 1.54) is 55.0 Å². The standard InChI is InChI=1S/C22H26N4OS2/c1-13(22-9-14-6-15(10-22)8-16(7-14)11-22)23-19(27)12-28-20-24-25-21-26(20)17-4-2-3-5-18(17)29-21/h2-5,13-16H,6-12H2,1H3,(H,23,27). The number of carbonyl (C=O) groups is 1. The van der Waals surface area contributed by atoms with Crippen LogP contribution in [0.15, 0.2) is 29.4 Å². The molecule has 4 bridgehead atoms. The Morgan fingerprint density at radius 2 is 1.90 bits per heavy atom. The first-order chi connectivity index (χ1) is 14.1. The number of nitrogens with one attached hydrogen (secondary N) is 1. The van der Waals surface area contributed by atoms with Crippen molar-refractivity contribution < 1.29 is 4.79 Å². The molecule has 0 aliphatic heterocycles. The van der Waals surface area contributed by atoms with Crippen LogP contribution in [-0.2, 0) is 4.79 Å². The van der Waals surface area contributed by atoms with E-state index in [1.807, 2.05) is 12.1 Å². The van der Waals surface area contributed by atoms with E-state index in [2.05, 4.69) is 39.0 Å². The van der Waals surface area contributed by atoms with E-state index in [4.69, 9.17) is 0 Å². The minimum Gasteiger partial charge on any atom is -0.352 e. The van der Waals surface area contributed by atoms with Crippen molar-refractivity contribution in [3.63, 3.8) is 0 Å². The largest absolute Gasteiger partial charge is 0.352 e. The van der Waals surface area contributed by atoms with Crippen LogP contribution in [-0.4, -0.2) is 32.3 Å². The third kappa shape index (κ3) is 3.00. The Bertz CT molecular complexity index is 1050. The number of hydrogen-bond donors (Lipinski definition) is 1. The van der Waals surface area contributed by atoms with Crippen molar-refractivity contribution in [2.75, 3.05) is 5.75 Å². The molecular formula is C22H26N4OS2. The van der Waals surface area contributed by atoms with Crippen LogP contribution in [0.1, 0.15) is 45.4 Å². The zero-order valence-electron chi connectivity index (χ0n) is 16.6. The smallest absolute Gasteiger partial charge is 0.230 e. The second kappa shape index (κ2) is 6.71. The molecule has 4 saturated carbocycles. The Balaban J connectivity index is 1.14. The molecule has 29 heavy (non-hydrogen) atoms. The van der Waals surface area contributed by atoms with Crippen LogP contribution in [0.3, 0.4) is 0 Å². The molecule has 0 radical (unpaired) electrons. The predicted octanol–water partition coefficient (Wildman–Crippen LogP) is 4.76. The molecule has 7 rings (SSSR count). The number of fused-ring (bicyclic) bond motifs is 3. The second-order valence-corrected chi connectivity index (χ2v) is 11.5. The van der Waals surface area contributed by atoms with E-state index in [9.17, 15) is 4.79 Å². The molecule has 4 aliphatic carbocycles. The number of aromatic nitrogens is 3. The molecule has 152 valence electrons. The molecule has 4 fully saturated rings. The number of hydrogen-bond acceptors (Lipinski definition) is 5. The summed E-state index contributed by atoms with van der Waals surface area (Å²) >= 11 is 3.12. The summed E-state index contributed by atoms with van der Waals surface area (Å²) < 4.78 is 3.26. The van der Waals surface area contributed by atoms with Crippen LogP contribution in [0.4, 0.5) is 0 Å². The third-order valence-corrected chi connectivity index (χ3v) is 9.57. The molecule has 1 N–H and O–H groups in total. The van der Waals surface area contributed by atoms with Gasteiger partial charge in [-0.15, -0.1) is 10.2 Å². The van der Waals surface area contributed by atoms with Crippen LogP contribution >= 0.6 is 23.1 Å². The van der Waals surface area contributed by atoms with E-state index < -0.39 is 0 Å². The molecule has 4 aliphatic rings. The van der Waals surface area contributed by atoms with Crippen molar-refractivity contribution in [2.45, 2.75) is 56.6 Å². The number of thiazole rings is 1. The minimum atomic E-state index is 0.120. The van der Waals surface area contributed by atoms with Gasteiger partial charge in [0.25, 0.3) is 0 Å². The van der Waals surface area contributed by atoms with Crippen LogP contribution in [0.5, 0.6) is 0 Å². The third-order valence-electron chi connectivity index (χ3n) is 7.63. The number of nitrogens with zero attached hydrogens (tertiary/aromatic N) is 3. The van der Waals surface area contributed by atoms with Gasteiger partial charge in [-0.3, -0.25) is 9.20 Å². The molecule has 0 spiro atoms. The van der Waals surface area contributed by atoms with Gasteiger partial charge in [0.2, 0.25) is 10.9 Å². The first-order valence-electron chi connectivity index (χ1n) is 10.7. The summed E-state index contributed by atoms with van der Waals surface area (Å²) in [6, 6.07) is 8.52. The van der Waals surface area contributed by atoms with Crippen molar-refractivity contribution in [1.29, 1.82) is 0 Å². The van der Waals surface area contributed by atoms with E-state index in [0.29, 0.717) is 11.2 Å². The first-order valence-corrected chi connectivity index (χ1v) is 12.5. The summed E-state index contributed by atoms with van der Waals surface area (Å²) in [6.45, 7) is 2.25. The average Bonchev–Trinajstić information content (AvgIpc) is 3.24. The maximum Gasteiger partial charge on any atom is 0.230 e.